The number of ether oxygens (including phenoxy) is 1. The summed E-state index contributed by atoms with van der Waals surface area (Å²) in [6, 6.07) is 11.1. The van der Waals surface area contributed by atoms with E-state index in [-0.39, 0.29) is 0 Å². The average molecular weight is 278 g/mol. The molecule has 1 rings (SSSR count). The standard InChI is InChI=1S/C17H30N2O/c1-5-19(13-16-9-7-6-8-10-16)17(14-20-4)12-18-11-15(2)3/h6-10,15,17-18H,5,11-14H2,1-4H3. The Kier molecular flexibility index (Phi) is 8.51. The van der Waals surface area contributed by atoms with E-state index in [4.69, 9.17) is 4.74 Å². The number of nitrogens with one attached hydrogen (secondary N) is 1. The quantitative estimate of drug-likeness (QED) is 0.712. The summed E-state index contributed by atoms with van der Waals surface area (Å²) < 4.78 is 5.40. The summed E-state index contributed by atoms with van der Waals surface area (Å²) in [4.78, 5) is 2.48. The predicted octanol–water partition coefficient (Wildman–Crippen LogP) is 2.77. The van der Waals surface area contributed by atoms with Gasteiger partial charge in [0.15, 0.2) is 0 Å². The fraction of sp³-hybridized carbons (Fsp3) is 0.647. The molecule has 1 aromatic rings. The van der Waals surface area contributed by atoms with Crippen LogP contribution >= 0.6 is 0 Å². The van der Waals surface area contributed by atoms with Gasteiger partial charge in [-0.3, -0.25) is 4.90 Å². The number of hydrogen-bond acceptors (Lipinski definition) is 3. The Morgan fingerprint density at radius 1 is 1.15 bits per heavy atom. The van der Waals surface area contributed by atoms with Gasteiger partial charge in [0.05, 0.1) is 6.61 Å². The lowest BCUT2D eigenvalue weighted by Crippen LogP contribution is -2.45. The zero-order chi connectivity index (χ0) is 14.8. The second-order valence-electron chi connectivity index (χ2n) is 5.71. The SMILES string of the molecule is CCN(Cc1ccccc1)C(CNCC(C)C)COC. The molecule has 0 saturated heterocycles. The van der Waals surface area contributed by atoms with Crippen LogP contribution in [0.4, 0.5) is 0 Å². The van der Waals surface area contributed by atoms with Crippen LogP contribution in [0.2, 0.25) is 0 Å². The number of hydrogen-bond donors (Lipinski definition) is 1. The van der Waals surface area contributed by atoms with Gasteiger partial charge >= 0.3 is 0 Å². The molecule has 1 N–H and O–H groups in total. The number of rotatable bonds is 10. The van der Waals surface area contributed by atoms with E-state index in [0.29, 0.717) is 12.0 Å². The van der Waals surface area contributed by atoms with Gasteiger partial charge in [0.25, 0.3) is 0 Å². The van der Waals surface area contributed by atoms with Crippen LogP contribution in [-0.4, -0.2) is 44.3 Å². The highest BCUT2D eigenvalue weighted by molar-refractivity contribution is 5.14. The Labute approximate surface area is 124 Å². The van der Waals surface area contributed by atoms with Gasteiger partial charge in [0.1, 0.15) is 0 Å². The fourth-order valence-corrected chi connectivity index (χ4v) is 2.34. The third kappa shape index (κ3) is 6.51. The topological polar surface area (TPSA) is 24.5 Å². The van der Waals surface area contributed by atoms with E-state index < -0.39 is 0 Å². The maximum absolute atomic E-state index is 5.40. The van der Waals surface area contributed by atoms with Gasteiger partial charge in [-0.2, -0.15) is 0 Å². The summed E-state index contributed by atoms with van der Waals surface area (Å²) in [5.41, 5.74) is 1.36. The molecule has 0 heterocycles. The fourth-order valence-electron chi connectivity index (χ4n) is 2.34. The molecule has 0 aliphatic carbocycles. The van der Waals surface area contributed by atoms with Crippen LogP contribution in [0, 0.1) is 5.92 Å². The van der Waals surface area contributed by atoms with Crippen LogP contribution in [0.1, 0.15) is 26.3 Å². The molecule has 0 fully saturated rings. The molecule has 1 unspecified atom stereocenters. The van der Waals surface area contributed by atoms with Crippen molar-refractivity contribution < 1.29 is 4.74 Å². The molecule has 0 bridgehead atoms. The molecule has 0 aromatic heterocycles. The monoisotopic (exact) mass is 278 g/mol. The lowest BCUT2D eigenvalue weighted by molar-refractivity contribution is 0.0874. The summed E-state index contributed by atoms with van der Waals surface area (Å²) in [5, 5.41) is 3.55. The molecule has 0 amide bonds. The van der Waals surface area contributed by atoms with Gasteiger partial charge < -0.3 is 10.1 Å². The van der Waals surface area contributed by atoms with Crippen molar-refractivity contribution in [3.63, 3.8) is 0 Å². The Bertz CT molecular complexity index is 340. The van der Waals surface area contributed by atoms with Gasteiger partial charge in [-0.15, -0.1) is 0 Å². The van der Waals surface area contributed by atoms with Gasteiger partial charge in [-0.25, -0.2) is 0 Å². The van der Waals surface area contributed by atoms with Gasteiger partial charge in [0.2, 0.25) is 0 Å². The van der Waals surface area contributed by atoms with Crippen molar-refractivity contribution >= 4 is 0 Å². The predicted molar refractivity (Wildman–Crippen MR) is 85.9 cm³/mol. The minimum Gasteiger partial charge on any atom is -0.383 e. The van der Waals surface area contributed by atoms with E-state index >= 15 is 0 Å². The van der Waals surface area contributed by atoms with Crippen LogP contribution in [0.3, 0.4) is 0 Å². The largest absolute Gasteiger partial charge is 0.383 e. The molecule has 20 heavy (non-hydrogen) atoms. The number of likely N-dealkylation sites (N-methyl/N-ethyl adjacent to an activating group) is 1. The molecule has 0 radical (unpaired) electrons. The molecule has 3 heteroatoms. The molecule has 1 atom stereocenters. The molecular weight excluding hydrogens is 248 g/mol. The van der Waals surface area contributed by atoms with Crippen LogP contribution in [0.5, 0.6) is 0 Å². The second kappa shape index (κ2) is 9.92. The van der Waals surface area contributed by atoms with Crippen molar-refractivity contribution in [2.24, 2.45) is 5.92 Å². The lowest BCUT2D eigenvalue weighted by Gasteiger charge is -2.31. The first kappa shape index (κ1) is 17.2. The Morgan fingerprint density at radius 2 is 1.85 bits per heavy atom. The average Bonchev–Trinajstić information content (AvgIpc) is 2.45. The zero-order valence-electron chi connectivity index (χ0n) is 13.4. The molecule has 0 aliphatic heterocycles. The van der Waals surface area contributed by atoms with E-state index in [1.807, 2.05) is 0 Å². The van der Waals surface area contributed by atoms with Crippen molar-refractivity contribution in [3.8, 4) is 0 Å². The van der Waals surface area contributed by atoms with Gasteiger partial charge in [0, 0.05) is 26.2 Å². The molecule has 0 spiro atoms. The van der Waals surface area contributed by atoms with Crippen LogP contribution < -0.4 is 5.32 Å². The van der Waals surface area contributed by atoms with Crippen molar-refractivity contribution in [2.75, 3.05) is 33.4 Å². The van der Waals surface area contributed by atoms with Crippen LogP contribution in [0.15, 0.2) is 30.3 Å². The highest BCUT2D eigenvalue weighted by atomic mass is 16.5. The zero-order valence-corrected chi connectivity index (χ0v) is 13.4. The summed E-state index contributed by atoms with van der Waals surface area (Å²) >= 11 is 0. The van der Waals surface area contributed by atoms with E-state index in [1.165, 1.54) is 5.56 Å². The Hall–Kier alpha value is -0.900. The first-order valence-corrected chi connectivity index (χ1v) is 7.65. The van der Waals surface area contributed by atoms with Crippen molar-refractivity contribution in [1.29, 1.82) is 0 Å². The minimum atomic E-state index is 0.420. The van der Waals surface area contributed by atoms with E-state index in [0.717, 1.165) is 32.8 Å². The van der Waals surface area contributed by atoms with Crippen LogP contribution in [-0.2, 0) is 11.3 Å². The summed E-state index contributed by atoms with van der Waals surface area (Å²) in [6.45, 7) is 11.5. The smallest absolute Gasteiger partial charge is 0.0630 e. The maximum Gasteiger partial charge on any atom is 0.0630 e. The molecule has 0 aliphatic rings. The Balaban J connectivity index is 2.56. The normalized spacial score (nSPS) is 13.1. The van der Waals surface area contributed by atoms with Crippen LogP contribution in [0.25, 0.3) is 0 Å². The molecule has 114 valence electrons. The highest BCUT2D eigenvalue weighted by Gasteiger charge is 2.17. The number of nitrogens with zero attached hydrogens (tertiary/aromatic N) is 1. The van der Waals surface area contributed by atoms with E-state index in [9.17, 15) is 0 Å². The Morgan fingerprint density at radius 3 is 2.40 bits per heavy atom. The molecule has 0 saturated carbocycles. The molecular formula is C17H30N2O. The highest BCUT2D eigenvalue weighted by Crippen LogP contribution is 2.08. The molecule has 1 aromatic carbocycles. The summed E-state index contributed by atoms with van der Waals surface area (Å²) in [5.74, 6) is 0.683. The molecule has 3 nitrogen and oxygen atoms in total. The number of benzene rings is 1. The lowest BCUT2D eigenvalue weighted by atomic mass is 10.1. The van der Waals surface area contributed by atoms with E-state index in [1.54, 1.807) is 7.11 Å². The number of methoxy groups -OCH3 is 1. The second-order valence-corrected chi connectivity index (χ2v) is 5.71. The third-order valence-corrected chi connectivity index (χ3v) is 3.44. The van der Waals surface area contributed by atoms with Crippen molar-refractivity contribution in [1.82, 2.24) is 10.2 Å². The minimum absolute atomic E-state index is 0.420. The maximum atomic E-state index is 5.40. The van der Waals surface area contributed by atoms with Crippen molar-refractivity contribution in [2.45, 2.75) is 33.4 Å². The summed E-state index contributed by atoms with van der Waals surface area (Å²) in [6.07, 6.45) is 0. The van der Waals surface area contributed by atoms with Crippen molar-refractivity contribution in [3.05, 3.63) is 35.9 Å². The van der Waals surface area contributed by atoms with E-state index in [2.05, 4.69) is 61.3 Å². The third-order valence-electron chi connectivity index (χ3n) is 3.44. The first-order chi connectivity index (χ1) is 9.67. The first-order valence-electron chi connectivity index (χ1n) is 7.65. The van der Waals surface area contributed by atoms with Gasteiger partial charge in [-0.05, 0) is 24.6 Å². The summed E-state index contributed by atoms with van der Waals surface area (Å²) in [7, 11) is 1.78. The van der Waals surface area contributed by atoms with Gasteiger partial charge in [-0.1, -0.05) is 51.1 Å².